The minimum absolute atomic E-state index is 0.0490. The molecule has 0 spiro atoms. The lowest BCUT2D eigenvalue weighted by atomic mass is 9.44. The SMILES string of the molecule is C=C(O)[C@H]1CC[C@H]2[C@@H]3CCC4CC(O)CC[C@]4(C)[C@H]3CC[C@]12C. The molecule has 2 nitrogen and oxygen atoms in total. The van der Waals surface area contributed by atoms with E-state index in [1.165, 1.54) is 38.5 Å². The van der Waals surface area contributed by atoms with Gasteiger partial charge in [-0.05, 0) is 92.3 Å². The maximum Gasteiger partial charge on any atom is 0.0887 e. The van der Waals surface area contributed by atoms with E-state index in [-0.39, 0.29) is 11.5 Å². The van der Waals surface area contributed by atoms with Crippen molar-refractivity contribution in [2.45, 2.75) is 77.7 Å². The first-order valence-electron chi connectivity index (χ1n) is 9.92. The average molecular weight is 319 g/mol. The third-order valence-electron chi connectivity index (χ3n) is 9.04. The van der Waals surface area contributed by atoms with Gasteiger partial charge >= 0.3 is 0 Å². The Kier molecular flexibility index (Phi) is 3.65. The van der Waals surface area contributed by atoms with E-state index >= 15 is 0 Å². The first-order chi connectivity index (χ1) is 10.9. The number of rotatable bonds is 1. The van der Waals surface area contributed by atoms with Crippen LogP contribution >= 0.6 is 0 Å². The van der Waals surface area contributed by atoms with Crippen molar-refractivity contribution in [2.75, 3.05) is 0 Å². The van der Waals surface area contributed by atoms with Gasteiger partial charge < -0.3 is 10.2 Å². The molecule has 0 amide bonds. The van der Waals surface area contributed by atoms with E-state index in [0.717, 1.165) is 42.9 Å². The summed E-state index contributed by atoms with van der Waals surface area (Å²) < 4.78 is 0. The molecule has 0 radical (unpaired) electrons. The molecule has 2 unspecified atom stereocenters. The van der Waals surface area contributed by atoms with E-state index in [9.17, 15) is 10.2 Å². The molecule has 2 heteroatoms. The minimum atomic E-state index is -0.0490. The molecule has 4 fully saturated rings. The zero-order valence-electron chi connectivity index (χ0n) is 14.9. The molecular formula is C21H34O2. The molecule has 130 valence electrons. The summed E-state index contributed by atoms with van der Waals surface area (Å²) in [7, 11) is 0. The Hall–Kier alpha value is -0.500. The summed E-state index contributed by atoms with van der Waals surface area (Å²) >= 11 is 0. The molecule has 0 aliphatic heterocycles. The van der Waals surface area contributed by atoms with Crippen LogP contribution in [-0.4, -0.2) is 16.3 Å². The molecule has 8 atom stereocenters. The molecule has 2 N–H and O–H groups in total. The highest BCUT2D eigenvalue weighted by Gasteiger charge is 2.60. The predicted molar refractivity (Wildman–Crippen MR) is 93.0 cm³/mol. The molecule has 4 saturated carbocycles. The molecule has 4 aliphatic carbocycles. The molecular weight excluding hydrogens is 284 g/mol. The van der Waals surface area contributed by atoms with Gasteiger partial charge in [-0.15, -0.1) is 0 Å². The van der Waals surface area contributed by atoms with Crippen molar-refractivity contribution < 1.29 is 10.2 Å². The Morgan fingerprint density at radius 2 is 1.61 bits per heavy atom. The average Bonchev–Trinajstić information content (AvgIpc) is 2.85. The molecule has 4 aliphatic rings. The zero-order valence-corrected chi connectivity index (χ0v) is 14.9. The van der Waals surface area contributed by atoms with Crippen LogP contribution in [0.25, 0.3) is 0 Å². The van der Waals surface area contributed by atoms with Crippen LogP contribution in [0, 0.1) is 40.4 Å². The fourth-order valence-corrected chi connectivity index (χ4v) is 7.78. The van der Waals surface area contributed by atoms with Crippen LogP contribution in [0.4, 0.5) is 0 Å². The second-order valence-electron chi connectivity index (χ2n) is 9.75. The molecule has 0 heterocycles. The normalized spacial score (nSPS) is 55.6. The van der Waals surface area contributed by atoms with Crippen molar-refractivity contribution >= 4 is 0 Å². The topological polar surface area (TPSA) is 40.5 Å². The lowest BCUT2D eigenvalue weighted by molar-refractivity contribution is -0.126. The van der Waals surface area contributed by atoms with Gasteiger partial charge in [-0.1, -0.05) is 20.4 Å². The summed E-state index contributed by atoms with van der Waals surface area (Å²) in [5, 5.41) is 20.2. The Bertz CT molecular complexity index is 500. The third-order valence-corrected chi connectivity index (χ3v) is 9.04. The summed E-state index contributed by atoms with van der Waals surface area (Å²) in [5.74, 6) is 3.97. The zero-order chi connectivity index (χ0) is 16.4. The predicted octanol–water partition coefficient (Wildman–Crippen LogP) is 5.08. The molecule has 0 aromatic heterocycles. The Morgan fingerprint density at radius 3 is 2.35 bits per heavy atom. The van der Waals surface area contributed by atoms with Gasteiger partial charge in [0.25, 0.3) is 0 Å². The summed E-state index contributed by atoms with van der Waals surface area (Å²) in [4.78, 5) is 0. The number of aliphatic hydroxyl groups excluding tert-OH is 2. The molecule has 23 heavy (non-hydrogen) atoms. The van der Waals surface area contributed by atoms with Crippen LogP contribution in [0.5, 0.6) is 0 Å². The van der Waals surface area contributed by atoms with Crippen molar-refractivity contribution in [3.05, 3.63) is 12.3 Å². The van der Waals surface area contributed by atoms with Crippen molar-refractivity contribution in [1.82, 2.24) is 0 Å². The second-order valence-corrected chi connectivity index (χ2v) is 9.75. The van der Waals surface area contributed by atoms with Crippen LogP contribution in [0.2, 0.25) is 0 Å². The Labute approximate surface area is 141 Å². The van der Waals surface area contributed by atoms with Crippen LogP contribution in [0.1, 0.15) is 71.6 Å². The highest BCUT2D eigenvalue weighted by atomic mass is 16.3. The van der Waals surface area contributed by atoms with Crippen LogP contribution < -0.4 is 0 Å². The van der Waals surface area contributed by atoms with E-state index in [2.05, 4.69) is 20.4 Å². The van der Waals surface area contributed by atoms with Crippen molar-refractivity contribution in [1.29, 1.82) is 0 Å². The smallest absolute Gasteiger partial charge is 0.0887 e. The van der Waals surface area contributed by atoms with Gasteiger partial charge in [0, 0.05) is 5.92 Å². The maximum atomic E-state index is 10.1. The lowest BCUT2D eigenvalue weighted by Gasteiger charge is -2.61. The van der Waals surface area contributed by atoms with Crippen molar-refractivity contribution in [3.63, 3.8) is 0 Å². The van der Waals surface area contributed by atoms with Crippen LogP contribution in [0.15, 0.2) is 12.3 Å². The highest BCUT2D eigenvalue weighted by molar-refractivity contribution is 5.13. The monoisotopic (exact) mass is 318 g/mol. The molecule has 0 aromatic carbocycles. The van der Waals surface area contributed by atoms with E-state index in [4.69, 9.17) is 0 Å². The number of hydrogen-bond donors (Lipinski definition) is 2. The van der Waals surface area contributed by atoms with Crippen molar-refractivity contribution in [3.8, 4) is 0 Å². The van der Waals surface area contributed by atoms with E-state index < -0.39 is 0 Å². The summed E-state index contributed by atoms with van der Waals surface area (Å²) in [6, 6.07) is 0. The van der Waals surface area contributed by atoms with Gasteiger partial charge in [-0.2, -0.15) is 0 Å². The largest absolute Gasteiger partial charge is 0.513 e. The van der Waals surface area contributed by atoms with E-state index in [1.54, 1.807) is 0 Å². The van der Waals surface area contributed by atoms with Gasteiger partial charge in [0.15, 0.2) is 0 Å². The number of fused-ring (bicyclic) bond motifs is 5. The minimum Gasteiger partial charge on any atom is -0.513 e. The van der Waals surface area contributed by atoms with Crippen molar-refractivity contribution in [2.24, 2.45) is 40.4 Å². The Morgan fingerprint density at radius 1 is 0.913 bits per heavy atom. The van der Waals surface area contributed by atoms with E-state index in [1.807, 2.05) is 0 Å². The maximum absolute atomic E-state index is 10.1. The van der Waals surface area contributed by atoms with Crippen LogP contribution in [0.3, 0.4) is 0 Å². The summed E-state index contributed by atoms with van der Waals surface area (Å²) in [5.41, 5.74) is 0.738. The fourth-order valence-electron chi connectivity index (χ4n) is 7.78. The first kappa shape index (κ1) is 16.0. The van der Waals surface area contributed by atoms with Gasteiger partial charge in [-0.25, -0.2) is 0 Å². The standard InChI is InChI=1S/C21H34O2/c1-13(22)17-6-7-18-16-5-4-14-12-15(23)8-10-20(14,2)19(16)9-11-21(17,18)3/h14-19,22-23H,1,4-12H2,2-3H3/t14?,15?,16-,17+,18-,19-,20-,21+/m0/s1. The van der Waals surface area contributed by atoms with Gasteiger partial charge in [0.1, 0.15) is 0 Å². The first-order valence-corrected chi connectivity index (χ1v) is 9.92. The van der Waals surface area contributed by atoms with E-state index in [0.29, 0.717) is 17.1 Å². The fraction of sp³-hybridized carbons (Fsp3) is 0.905. The number of aliphatic hydroxyl groups is 2. The molecule has 0 aromatic rings. The second kappa shape index (κ2) is 5.25. The number of hydrogen-bond acceptors (Lipinski definition) is 2. The molecule has 0 saturated heterocycles. The third kappa shape index (κ3) is 2.16. The quantitative estimate of drug-likeness (QED) is 0.662. The summed E-state index contributed by atoms with van der Waals surface area (Å²) in [6.07, 6.45) is 10.9. The van der Waals surface area contributed by atoms with Gasteiger partial charge in [0.05, 0.1) is 11.9 Å². The van der Waals surface area contributed by atoms with Crippen LogP contribution in [-0.2, 0) is 0 Å². The molecule has 4 rings (SSSR count). The Balaban J connectivity index is 1.61. The molecule has 0 bridgehead atoms. The highest BCUT2D eigenvalue weighted by Crippen LogP contribution is 2.67. The van der Waals surface area contributed by atoms with Gasteiger partial charge in [0.2, 0.25) is 0 Å². The lowest BCUT2D eigenvalue weighted by Crippen LogP contribution is -2.54. The van der Waals surface area contributed by atoms with Gasteiger partial charge in [-0.3, -0.25) is 0 Å². The summed E-state index contributed by atoms with van der Waals surface area (Å²) in [6.45, 7) is 8.87. The number of allylic oxidation sites excluding steroid dienone is 1.